The van der Waals surface area contributed by atoms with Crippen molar-refractivity contribution in [2.24, 2.45) is 0 Å². The molecule has 182 valence electrons. The predicted octanol–water partition coefficient (Wildman–Crippen LogP) is 5.22. The third kappa shape index (κ3) is 5.52. The van der Waals surface area contributed by atoms with E-state index in [1.54, 1.807) is 19.1 Å². The molecule has 1 saturated heterocycles. The first-order chi connectivity index (χ1) is 16.1. The van der Waals surface area contributed by atoms with Crippen molar-refractivity contribution >= 4 is 17.5 Å². The van der Waals surface area contributed by atoms with Gasteiger partial charge in [-0.05, 0) is 57.0 Å². The summed E-state index contributed by atoms with van der Waals surface area (Å²) in [7, 11) is 0. The van der Waals surface area contributed by atoms with Gasteiger partial charge in [0.05, 0.1) is 18.4 Å². The maximum absolute atomic E-state index is 13.4. The fourth-order valence-electron chi connectivity index (χ4n) is 4.08. The highest BCUT2D eigenvalue weighted by Crippen LogP contribution is 2.29. The number of aryl methyl sites for hydroxylation is 1. The molecular weight excluding hydrogens is 472 g/mol. The van der Waals surface area contributed by atoms with Gasteiger partial charge >= 0.3 is 6.18 Å². The van der Waals surface area contributed by atoms with Gasteiger partial charge in [-0.15, -0.1) is 10.2 Å². The zero-order valence-corrected chi connectivity index (χ0v) is 19.5. The Hall–Kier alpha value is -2.66. The van der Waals surface area contributed by atoms with Crippen LogP contribution in [0.25, 0.3) is 11.4 Å². The highest BCUT2D eigenvalue weighted by atomic mass is 32.2. The Morgan fingerprint density at radius 3 is 2.56 bits per heavy atom. The molecule has 0 unspecified atom stereocenters. The van der Waals surface area contributed by atoms with Crippen molar-refractivity contribution in [3.63, 3.8) is 0 Å². The molecule has 3 aromatic rings. The van der Waals surface area contributed by atoms with Crippen LogP contribution in [-0.2, 0) is 17.8 Å². The molecule has 11 heteroatoms. The van der Waals surface area contributed by atoms with Crippen LogP contribution in [0.4, 0.5) is 17.6 Å². The van der Waals surface area contributed by atoms with Crippen LogP contribution in [0.3, 0.4) is 0 Å². The summed E-state index contributed by atoms with van der Waals surface area (Å²) >= 11 is 1.17. The number of nitrogens with zero attached hydrogens (tertiary/aromatic N) is 4. The van der Waals surface area contributed by atoms with Crippen LogP contribution in [0.2, 0.25) is 0 Å². The lowest BCUT2D eigenvalue weighted by molar-refractivity contribution is -0.141. The first-order valence-electron chi connectivity index (χ1n) is 10.8. The van der Waals surface area contributed by atoms with Gasteiger partial charge in [0.25, 0.3) is 0 Å². The molecular formula is C23H24F4N4O2S. The zero-order chi connectivity index (χ0) is 24.5. The van der Waals surface area contributed by atoms with Gasteiger partial charge in [-0.1, -0.05) is 11.8 Å². The molecule has 0 amide bonds. The van der Waals surface area contributed by atoms with E-state index in [1.807, 2.05) is 4.57 Å². The molecule has 0 aliphatic carbocycles. The van der Waals surface area contributed by atoms with Crippen molar-refractivity contribution in [1.29, 1.82) is 0 Å². The van der Waals surface area contributed by atoms with Crippen molar-refractivity contribution in [2.45, 2.75) is 57.2 Å². The molecule has 0 saturated carbocycles. The number of alkyl halides is 3. The van der Waals surface area contributed by atoms with E-state index in [9.17, 15) is 22.4 Å². The third-order valence-electron chi connectivity index (χ3n) is 5.77. The Kier molecular flexibility index (Phi) is 7.13. The van der Waals surface area contributed by atoms with Gasteiger partial charge in [-0.25, -0.2) is 4.39 Å². The van der Waals surface area contributed by atoms with E-state index in [0.29, 0.717) is 35.4 Å². The lowest BCUT2D eigenvalue weighted by Gasteiger charge is -2.15. The molecule has 1 aliphatic rings. The molecule has 6 nitrogen and oxygen atoms in total. The predicted molar refractivity (Wildman–Crippen MR) is 119 cm³/mol. The highest BCUT2D eigenvalue weighted by Gasteiger charge is 2.30. The van der Waals surface area contributed by atoms with Crippen molar-refractivity contribution in [3.8, 4) is 11.4 Å². The standard InChI is InChI=1S/C23H24F4N4O2S/c1-14-10-19(15(2)31(14)13-23(25,26)27)20(32)12-34-22-29-28-21(16-5-7-17(24)8-6-16)30(22)11-18-4-3-9-33-18/h5-8,10,18H,3-4,9,11-13H2,1-2H3/t18-/m0/s1. The first kappa shape index (κ1) is 24.5. The lowest BCUT2D eigenvalue weighted by atomic mass is 10.2. The second kappa shape index (κ2) is 9.91. The molecule has 0 spiro atoms. The SMILES string of the molecule is Cc1cc(C(=O)CSc2nnc(-c3ccc(F)cc3)n2C[C@@H]2CCCO2)c(C)n1CC(F)(F)F. The summed E-state index contributed by atoms with van der Waals surface area (Å²) < 4.78 is 60.8. The van der Waals surface area contributed by atoms with E-state index in [0.717, 1.165) is 17.4 Å². The number of carbonyl (C=O) groups is 1. The number of hydrogen-bond donors (Lipinski definition) is 0. The molecule has 1 atom stereocenters. The Balaban J connectivity index is 1.55. The lowest BCUT2D eigenvalue weighted by Crippen LogP contribution is -2.20. The van der Waals surface area contributed by atoms with Crippen LogP contribution in [-0.4, -0.2) is 49.8 Å². The molecule has 1 aromatic carbocycles. The van der Waals surface area contributed by atoms with Gasteiger partial charge in [-0.3, -0.25) is 9.36 Å². The summed E-state index contributed by atoms with van der Waals surface area (Å²) in [4.78, 5) is 12.9. The topological polar surface area (TPSA) is 61.9 Å². The summed E-state index contributed by atoms with van der Waals surface area (Å²) in [5.74, 6) is -0.129. The molecule has 0 radical (unpaired) electrons. The number of hydrogen-bond acceptors (Lipinski definition) is 5. The number of carbonyl (C=O) groups excluding carboxylic acids is 1. The van der Waals surface area contributed by atoms with Crippen LogP contribution in [0, 0.1) is 19.7 Å². The van der Waals surface area contributed by atoms with E-state index < -0.39 is 12.7 Å². The normalized spacial score (nSPS) is 16.4. The fourth-order valence-corrected chi connectivity index (χ4v) is 4.91. The summed E-state index contributed by atoms with van der Waals surface area (Å²) in [6, 6.07) is 7.40. The van der Waals surface area contributed by atoms with E-state index in [2.05, 4.69) is 10.2 Å². The largest absolute Gasteiger partial charge is 0.406 e. The van der Waals surface area contributed by atoms with E-state index in [4.69, 9.17) is 4.74 Å². The van der Waals surface area contributed by atoms with Crippen molar-refractivity contribution in [1.82, 2.24) is 19.3 Å². The van der Waals surface area contributed by atoms with Crippen LogP contribution < -0.4 is 0 Å². The Morgan fingerprint density at radius 2 is 1.91 bits per heavy atom. The molecule has 1 aliphatic heterocycles. The van der Waals surface area contributed by atoms with E-state index in [-0.39, 0.29) is 34.7 Å². The number of ketones is 1. The number of ether oxygens (including phenoxy) is 1. The quantitative estimate of drug-likeness (QED) is 0.243. The van der Waals surface area contributed by atoms with Crippen molar-refractivity contribution < 1.29 is 27.1 Å². The fraction of sp³-hybridized carbons (Fsp3) is 0.435. The van der Waals surface area contributed by atoms with Gasteiger partial charge in [0, 0.05) is 29.1 Å². The van der Waals surface area contributed by atoms with Gasteiger partial charge < -0.3 is 9.30 Å². The summed E-state index contributed by atoms with van der Waals surface area (Å²) in [5.41, 5.74) is 1.61. The maximum atomic E-state index is 13.4. The molecule has 0 N–H and O–H groups in total. The van der Waals surface area contributed by atoms with Crippen LogP contribution in [0.1, 0.15) is 34.6 Å². The number of halogens is 4. The molecule has 2 aromatic heterocycles. The molecule has 34 heavy (non-hydrogen) atoms. The average molecular weight is 497 g/mol. The Morgan fingerprint density at radius 1 is 1.18 bits per heavy atom. The summed E-state index contributed by atoms with van der Waals surface area (Å²) in [5, 5.41) is 8.99. The summed E-state index contributed by atoms with van der Waals surface area (Å²) in [6.45, 7) is 3.09. The number of aromatic nitrogens is 4. The molecule has 3 heterocycles. The number of rotatable bonds is 8. The van der Waals surface area contributed by atoms with Gasteiger partial charge in [0.15, 0.2) is 16.8 Å². The number of thioether (sulfide) groups is 1. The second-order valence-electron chi connectivity index (χ2n) is 8.26. The zero-order valence-electron chi connectivity index (χ0n) is 18.7. The van der Waals surface area contributed by atoms with E-state index in [1.165, 1.54) is 36.9 Å². The average Bonchev–Trinajstić information content (AvgIpc) is 3.49. The van der Waals surface area contributed by atoms with Gasteiger partial charge in [0.2, 0.25) is 0 Å². The van der Waals surface area contributed by atoms with Crippen LogP contribution in [0.5, 0.6) is 0 Å². The second-order valence-corrected chi connectivity index (χ2v) is 9.20. The van der Waals surface area contributed by atoms with Gasteiger partial charge in [0.1, 0.15) is 12.4 Å². The van der Waals surface area contributed by atoms with Crippen molar-refractivity contribution in [3.05, 3.63) is 53.1 Å². The minimum Gasteiger partial charge on any atom is -0.376 e. The molecule has 1 fully saturated rings. The number of Topliss-reactive ketones (excluding diaryl/α,β-unsaturated/α-hetero) is 1. The van der Waals surface area contributed by atoms with Crippen molar-refractivity contribution in [2.75, 3.05) is 12.4 Å². The minimum absolute atomic E-state index is 0.0105. The summed E-state index contributed by atoms with van der Waals surface area (Å²) in [6.07, 6.45) is -2.56. The Labute approximate surface area is 198 Å². The maximum Gasteiger partial charge on any atom is 0.406 e. The van der Waals surface area contributed by atoms with Crippen LogP contribution >= 0.6 is 11.8 Å². The Bertz CT molecular complexity index is 1170. The smallest absolute Gasteiger partial charge is 0.376 e. The van der Waals surface area contributed by atoms with Crippen LogP contribution in [0.15, 0.2) is 35.5 Å². The third-order valence-corrected chi connectivity index (χ3v) is 6.74. The minimum atomic E-state index is -4.38. The van der Waals surface area contributed by atoms with E-state index >= 15 is 0 Å². The van der Waals surface area contributed by atoms with Gasteiger partial charge in [-0.2, -0.15) is 13.2 Å². The number of benzene rings is 1. The molecule has 0 bridgehead atoms. The highest BCUT2D eigenvalue weighted by molar-refractivity contribution is 7.99. The monoisotopic (exact) mass is 496 g/mol. The first-order valence-corrected chi connectivity index (χ1v) is 11.8. The molecule has 4 rings (SSSR count).